The van der Waals surface area contributed by atoms with Gasteiger partial charge in [-0.2, -0.15) is 0 Å². The molecule has 0 aromatic heterocycles. The molecule has 2 rings (SSSR count). The number of carbonyl (C=O) groups is 1. The number of amides is 1. The largest absolute Gasteiger partial charge is 0.481 e. The molecule has 1 aliphatic heterocycles. The van der Waals surface area contributed by atoms with Gasteiger partial charge in [0.1, 0.15) is 17.2 Å². The third-order valence-electron chi connectivity index (χ3n) is 3.17. The van der Waals surface area contributed by atoms with Crippen molar-refractivity contribution in [3.05, 3.63) is 30.1 Å². The Morgan fingerprint density at radius 1 is 1.55 bits per heavy atom. The zero-order valence-corrected chi connectivity index (χ0v) is 11.3. The highest BCUT2D eigenvalue weighted by Gasteiger charge is 2.33. The second kappa shape index (κ2) is 6.19. The van der Waals surface area contributed by atoms with Crippen molar-refractivity contribution < 1.29 is 23.8 Å². The molecule has 1 aromatic rings. The SMILES string of the molecule is CC(Oc1ccc(F)cc1)C(=O)NCC1(O)CCOC1. The van der Waals surface area contributed by atoms with Gasteiger partial charge in [-0.15, -0.1) is 0 Å². The van der Waals surface area contributed by atoms with Gasteiger partial charge in [0.15, 0.2) is 6.10 Å². The summed E-state index contributed by atoms with van der Waals surface area (Å²) in [6.45, 7) is 2.44. The summed E-state index contributed by atoms with van der Waals surface area (Å²) < 4.78 is 23.2. The molecule has 0 radical (unpaired) electrons. The number of hydrogen-bond acceptors (Lipinski definition) is 4. The van der Waals surface area contributed by atoms with E-state index in [0.29, 0.717) is 18.8 Å². The average molecular weight is 283 g/mol. The van der Waals surface area contributed by atoms with Crippen LogP contribution in [0.4, 0.5) is 4.39 Å². The quantitative estimate of drug-likeness (QED) is 0.841. The first-order valence-corrected chi connectivity index (χ1v) is 6.49. The molecule has 1 saturated heterocycles. The van der Waals surface area contributed by atoms with Gasteiger partial charge in [0.05, 0.1) is 6.61 Å². The number of nitrogens with one attached hydrogen (secondary N) is 1. The first-order valence-electron chi connectivity index (χ1n) is 6.49. The van der Waals surface area contributed by atoms with Crippen LogP contribution < -0.4 is 10.1 Å². The predicted molar refractivity (Wildman–Crippen MR) is 69.9 cm³/mol. The minimum Gasteiger partial charge on any atom is -0.481 e. The van der Waals surface area contributed by atoms with Gasteiger partial charge in [0, 0.05) is 19.6 Å². The molecule has 2 unspecified atom stereocenters. The Morgan fingerprint density at radius 3 is 2.85 bits per heavy atom. The molecule has 6 heteroatoms. The number of ether oxygens (including phenoxy) is 2. The van der Waals surface area contributed by atoms with E-state index in [1.807, 2.05) is 0 Å². The number of aliphatic hydroxyl groups is 1. The van der Waals surface area contributed by atoms with Crippen LogP contribution in [0.15, 0.2) is 24.3 Å². The minimum absolute atomic E-state index is 0.128. The van der Waals surface area contributed by atoms with Crippen LogP contribution in [0.3, 0.4) is 0 Å². The van der Waals surface area contributed by atoms with Crippen LogP contribution >= 0.6 is 0 Å². The smallest absolute Gasteiger partial charge is 0.260 e. The molecule has 110 valence electrons. The highest BCUT2D eigenvalue weighted by Crippen LogP contribution is 2.17. The summed E-state index contributed by atoms with van der Waals surface area (Å²) in [4.78, 5) is 11.9. The zero-order chi connectivity index (χ0) is 14.6. The van der Waals surface area contributed by atoms with Gasteiger partial charge in [0.25, 0.3) is 5.91 Å². The van der Waals surface area contributed by atoms with Crippen LogP contribution in [0.5, 0.6) is 5.75 Å². The highest BCUT2D eigenvalue weighted by molar-refractivity contribution is 5.80. The van der Waals surface area contributed by atoms with E-state index in [-0.39, 0.29) is 24.9 Å². The fourth-order valence-electron chi connectivity index (χ4n) is 1.90. The standard InChI is InChI=1S/C14H18FNO4/c1-10(20-12-4-2-11(15)3-5-12)13(17)16-8-14(18)6-7-19-9-14/h2-5,10,18H,6-9H2,1H3,(H,16,17). The summed E-state index contributed by atoms with van der Waals surface area (Å²) in [7, 11) is 0. The molecule has 1 fully saturated rings. The van der Waals surface area contributed by atoms with E-state index in [4.69, 9.17) is 9.47 Å². The monoisotopic (exact) mass is 283 g/mol. The minimum atomic E-state index is -0.995. The van der Waals surface area contributed by atoms with Crippen molar-refractivity contribution in [1.29, 1.82) is 0 Å². The Labute approximate surface area is 116 Å². The van der Waals surface area contributed by atoms with E-state index in [2.05, 4.69) is 5.32 Å². The Bertz CT molecular complexity index is 457. The number of benzene rings is 1. The van der Waals surface area contributed by atoms with Gasteiger partial charge in [-0.3, -0.25) is 4.79 Å². The van der Waals surface area contributed by atoms with Crippen molar-refractivity contribution in [2.45, 2.75) is 25.0 Å². The number of carbonyl (C=O) groups excluding carboxylic acids is 1. The number of hydrogen-bond donors (Lipinski definition) is 2. The lowest BCUT2D eigenvalue weighted by atomic mass is 10.0. The molecule has 1 aliphatic rings. The van der Waals surface area contributed by atoms with Crippen molar-refractivity contribution in [2.24, 2.45) is 0 Å². The second-order valence-electron chi connectivity index (χ2n) is 4.96. The molecule has 0 spiro atoms. The Hall–Kier alpha value is -1.66. The lowest BCUT2D eigenvalue weighted by molar-refractivity contribution is -0.128. The average Bonchev–Trinajstić information content (AvgIpc) is 2.86. The first-order chi connectivity index (χ1) is 9.48. The topological polar surface area (TPSA) is 67.8 Å². The van der Waals surface area contributed by atoms with Crippen molar-refractivity contribution in [3.8, 4) is 5.75 Å². The van der Waals surface area contributed by atoms with Gasteiger partial charge in [-0.05, 0) is 31.2 Å². The second-order valence-corrected chi connectivity index (χ2v) is 4.96. The third-order valence-corrected chi connectivity index (χ3v) is 3.17. The van der Waals surface area contributed by atoms with E-state index < -0.39 is 11.7 Å². The molecule has 0 aliphatic carbocycles. The summed E-state index contributed by atoms with van der Waals surface area (Å²) in [5.41, 5.74) is -0.995. The molecule has 2 N–H and O–H groups in total. The molecule has 5 nitrogen and oxygen atoms in total. The van der Waals surface area contributed by atoms with Crippen molar-refractivity contribution in [3.63, 3.8) is 0 Å². The summed E-state index contributed by atoms with van der Waals surface area (Å²) >= 11 is 0. The summed E-state index contributed by atoms with van der Waals surface area (Å²) in [5.74, 6) is -0.287. The van der Waals surface area contributed by atoms with Crippen LogP contribution in [-0.2, 0) is 9.53 Å². The van der Waals surface area contributed by atoms with E-state index >= 15 is 0 Å². The Balaban J connectivity index is 1.81. The maximum atomic E-state index is 12.7. The van der Waals surface area contributed by atoms with Crippen LogP contribution in [-0.4, -0.2) is 42.5 Å². The summed E-state index contributed by atoms with van der Waals surface area (Å²) in [6.07, 6.45) is -0.230. The van der Waals surface area contributed by atoms with Crippen molar-refractivity contribution in [1.82, 2.24) is 5.32 Å². The van der Waals surface area contributed by atoms with Gasteiger partial charge in [0.2, 0.25) is 0 Å². The molecule has 20 heavy (non-hydrogen) atoms. The maximum absolute atomic E-state index is 12.7. The molecule has 0 saturated carbocycles. The summed E-state index contributed by atoms with van der Waals surface area (Å²) in [5, 5.41) is 12.6. The normalized spacial score (nSPS) is 23.4. The van der Waals surface area contributed by atoms with Crippen molar-refractivity contribution in [2.75, 3.05) is 19.8 Å². The van der Waals surface area contributed by atoms with Crippen LogP contribution in [0.1, 0.15) is 13.3 Å². The fourth-order valence-corrected chi connectivity index (χ4v) is 1.90. The number of rotatable bonds is 5. The number of halogens is 1. The lowest BCUT2D eigenvalue weighted by Crippen LogP contribution is -2.46. The molecule has 0 bridgehead atoms. The summed E-state index contributed by atoms with van der Waals surface area (Å²) in [6, 6.07) is 5.44. The van der Waals surface area contributed by atoms with E-state index in [0.717, 1.165) is 0 Å². The fraction of sp³-hybridized carbons (Fsp3) is 0.500. The Morgan fingerprint density at radius 2 is 2.25 bits per heavy atom. The molecule has 1 aromatic carbocycles. The van der Waals surface area contributed by atoms with Crippen LogP contribution in [0.2, 0.25) is 0 Å². The van der Waals surface area contributed by atoms with Crippen LogP contribution in [0.25, 0.3) is 0 Å². The lowest BCUT2D eigenvalue weighted by Gasteiger charge is -2.22. The first kappa shape index (κ1) is 14.7. The van der Waals surface area contributed by atoms with E-state index in [1.54, 1.807) is 6.92 Å². The molecule has 1 amide bonds. The third kappa shape index (κ3) is 3.91. The van der Waals surface area contributed by atoms with Gasteiger partial charge < -0.3 is 19.9 Å². The van der Waals surface area contributed by atoms with E-state index in [9.17, 15) is 14.3 Å². The van der Waals surface area contributed by atoms with E-state index in [1.165, 1.54) is 24.3 Å². The molecule has 1 heterocycles. The predicted octanol–water partition coefficient (Wildman–Crippen LogP) is 0.861. The Kier molecular flexibility index (Phi) is 4.57. The maximum Gasteiger partial charge on any atom is 0.260 e. The molecular formula is C14H18FNO4. The zero-order valence-electron chi connectivity index (χ0n) is 11.3. The van der Waals surface area contributed by atoms with Crippen LogP contribution in [0, 0.1) is 5.82 Å². The van der Waals surface area contributed by atoms with Gasteiger partial charge in [-0.25, -0.2) is 4.39 Å². The molecule has 2 atom stereocenters. The highest BCUT2D eigenvalue weighted by atomic mass is 19.1. The van der Waals surface area contributed by atoms with Gasteiger partial charge >= 0.3 is 0 Å². The van der Waals surface area contributed by atoms with Crippen molar-refractivity contribution >= 4 is 5.91 Å². The molecular weight excluding hydrogens is 265 g/mol. The van der Waals surface area contributed by atoms with Gasteiger partial charge in [-0.1, -0.05) is 0 Å².